The van der Waals surface area contributed by atoms with E-state index in [-0.39, 0.29) is 0 Å². The Labute approximate surface area is 128 Å². The van der Waals surface area contributed by atoms with Gasteiger partial charge in [0.2, 0.25) is 0 Å². The Morgan fingerprint density at radius 1 is 1.27 bits per heavy atom. The third-order valence-electron chi connectivity index (χ3n) is 3.60. The Bertz CT molecular complexity index is 670. The molecule has 0 unspecified atom stereocenters. The average molecular weight is 299 g/mol. The van der Waals surface area contributed by atoms with Crippen molar-refractivity contribution in [3.8, 4) is 0 Å². The molecule has 3 rings (SSSR count). The van der Waals surface area contributed by atoms with Crippen molar-refractivity contribution in [2.75, 3.05) is 31.2 Å². The second-order valence-electron chi connectivity index (χ2n) is 5.02. The van der Waals surface area contributed by atoms with Gasteiger partial charge in [-0.15, -0.1) is 0 Å². The SMILES string of the molecule is NC(=O)c1ccnnc1Cc1cccnc1N1CCOCC1. The van der Waals surface area contributed by atoms with Gasteiger partial charge in [-0.25, -0.2) is 4.98 Å². The maximum Gasteiger partial charge on any atom is 0.250 e. The highest BCUT2D eigenvalue weighted by Gasteiger charge is 2.18. The first kappa shape index (κ1) is 14.4. The van der Waals surface area contributed by atoms with E-state index in [2.05, 4.69) is 20.1 Å². The van der Waals surface area contributed by atoms with E-state index in [1.807, 2.05) is 12.1 Å². The number of anilines is 1. The summed E-state index contributed by atoms with van der Waals surface area (Å²) in [5, 5.41) is 7.91. The molecule has 2 aromatic heterocycles. The summed E-state index contributed by atoms with van der Waals surface area (Å²) in [7, 11) is 0. The van der Waals surface area contributed by atoms with Crippen LogP contribution in [-0.2, 0) is 11.2 Å². The van der Waals surface area contributed by atoms with Crippen molar-refractivity contribution in [3.63, 3.8) is 0 Å². The number of pyridine rings is 1. The molecule has 0 saturated carbocycles. The van der Waals surface area contributed by atoms with Gasteiger partial charge < -0.3 is 15.4 Å². The molecule has 0 bridgehead atoms. The van der Waals surface area contributed by atoms with Crippen molar-refractivity contribution >= 4 is 11.7 Å². The zero-order chi connectivity index (χ0) is 15.4. The van der Waals surface area contributed by atoms with Gasteiger partial charge in [0.1, 0.15) is 5.82 Å². The van der Waals surface area contributed by atoms with Crippen molar-refractivity contribution < 1.29 is 9.53 Å². The molecular weight excluding hydrogens is 282 g/mol. The lowest BCUT2D eigenvalue weighted by atomic mass is 10.1. The molecule has 2 N–H and O–H groups in total. The number of aromatic nitrogens is 3. The molecule has 22 heavy (non-hydrogen) atoms. The van der Waals surface area contributed by atoms with Gasteiger partial charge in [0.05, 0.1) is 30.7 Å². The van der Waals surface area contributed by atoms with Crippen molar-refractivity contribution in [1.29, 1.82) is 0 Å². The summed E-state index contributed by atoms with van der Waals surface area (Å²) >= 11 is 0. The van der Waals surface area contributed by atoms with E-state index in [1.165, 1.54) is 6.20 Å². The topological polar surface area (TPSA) is 94.2 Å². The van der Waals surface area contributed by atoms with Crippen LogP contribution in [0.3, 0.4) is 0 Å². The molecule has 0 aromatic carbocycles. The van der Waals surface area contributed by atoms with Gasteiger partial charge in [-0.1, -0.05) is 6.07 Å². The van der Waals surface area contributed by atoms with Crippen molar-refractivity contribution in [2.24, 2.45) is 5.73 Å². The molecule has 3 heterocycles. The Kier molecular flexibility index (Phi) is 4.24. The Hall–Kier alpha value is -2.54. The predicted octanol–water partition coefficient (Wildman–Crippen LogP) is 0.398. The van der Waals surface area contributed by atoms with Crippen molar-refractivity contribution in [3.05, 3.63) is 47.4 Å². The fourth-order valence-electron chi connectivity index (χ4n) is 2.52. The number of primary amides is 1. The van der Waals surface area contributed by atoms with Crippen LogP contribution in [0.5, 0.6) is 0 Å². The lowest BCUT2D eigenvalue weighted by molar-refractivity contribution is 0.0999. The normalized spacial score (nSPS) is 14.8. The van der Waals surface area contributed by atoms with Crippen LogP contribution >= 0.6 is 0 Å². The van der Waals surface area contributed by atoms with E-state index in [0.29, 0.717) is 30.9 Å². The summed E-state index contributed by atoms with van der Waals surface area (Å²) < 4.78 is 5.38. The van der Waals surface area contributed by atoms with E-state index in [0.717, 1.165) is 24.5 Å². The number of morpholine rings is 1. The third-order valence-corrected chi connectivity index (χ3v) is 3.60. The molecule has 1 aliphatic rings. The zero-order valence-electron chi connectivity index (χ0n) is 12.1. The van der Waals surface area contributed by atoms with Crippen LogP contribution in [-0.4, -0.2) is 47.4 Å². The van der Waals surface area contributed by atoms with Gasteiger partial charge in [0.15, 0.2) is 0 Å². The van der Waals surface area contributed by atoms with Crippen LogP contribution < -0.4 is 10.6 Å². The fourth-order valence-corrected chi connectivity index (χ4v) is 2.52. The molecule has 0 spiro atoms. The van der Waals surface area contributed by atoms with Crippen LogP contribution in [0.25, 0.3) is 0 Å². The molecule has 2 aromatic rings. The highest BCUT2D eigenvalue weighted by atomic mass is 16.5. The monoisotopic (exact) mass is 299 g/mol. The zero-order valence-corrected chi connectivity index (χ0v) is 12.1. The second-order valence-corrected chi connectivity index (χ2v) is 5.02. The summed E-state index contributed by atoms with van der Waals surface area (Å²) in [6, 6.07) is 5.45. The number of ether oxygens (including phenoxy) is 1. The third kappa shape index (κ3) is 3.04. The van der Waals surface area contributed by atoms with E-state index < -0.39 is 5.91 Å². The molecule has 0 atom stereocenters. The van der Waals surface area contributed by atoms with Gasteiger partial charge >= 0.3 is 0 Å². The largest absolute Gasteiger partial charge is 0.378 e. The first-order valence-corrected chi connectivity index (χ1v) is 7.12. The Morgan fingerprint density at radius 2 is 2.09 bits per heavy atom. The van der Waals surface area contributed by atoms with Crippen molar-refractivity contribution in [2.45, 2.75) is 6.42 Å². The van der Waals surface area contributed by atoms with E-state index >= 15 is 0 Å². The number of carbonyl (C=O) groups excluding carboxylic acids is 1. The number of hydrogen-bond acceptors (Lipinski definition) is 6. The van der Waals surface area contributed by atoms with Gasteiger partial charge in [-0.2, -0.15) is 10.2 Å². The number of nitrogens with zero attached hydrogens (tertiary/aromatic N) is 4. The number of hydrogen-bond donors (Lipinski definition) is 1. The van der Waals surface area contributed by atoms with E-state index in [4.69, 9.17) is 10.5 Å². The highest BCUT2D eigenvalue weighted by molar-refractivity contribution is 5.93. The minimum atomic E-state index is -0.498. The quantitative estimate of drug-likeness (QED) is 0.878. The van der Waals surface area contributed by atoms with Gasteiger partial charge in [0, 0.05) is 31.3 Å². The smallest absolute Gasteiger partial charge is 0.250 e. The van der Waals surface area contributed by atoms with Crippen LogP contribution in [0.1, 0.15) is 21.6 Å². The van der Waals surface area contributed by atoms with Gasteiger partial charge in [-0.05, 0) is 12.1 Å². The molecular formula is C15H17N5O2. The molecule has 1 fully saturated rings. The number of rotatable bonds is 4. The molecule has 0 aliphatic carbocycles. The minimum absolute atomic E-state index is 0.395. The second kappa shape index (κ2) is 6.48. The van der Waals surface area contributed by atoms with Gasteiger partial charge in [-0.3, -0.25) is 4.79 Å². The van der Waals surface area contributed by atoms with Crippen LogP contribution in [0, 0.1) is 0 Å². The molecule has 1 saturated heterocycles. The lowest BCUT2D eigenvalue weighted by Gasteiger charge is -2.29. The average Bonchev–Trinajstić information content (AvgIpc) is 2.56. The highest BCUT2D eigenvalue weighted by Crippen LogP contribution is 2.21. The van der Waals surface area contributed by atoms with E-state index in [9.17, 15) is 4.79 Å². The molecule has 7 nitrogen and oxygen atoms in total. The maximum atomic E-state index is 11.5. The summed E-state index contributed by atoms with van der Waals surface area (Å²) in [4.78, 5) is 18.2. The Morgan fingerprint density at radius 3 is 2.86 bits per heavy atom. The first-order chi connectivity index (χ1) is 10.8. The molecule has 1 amide bonds. The molecule has 114 valence electrons. The predicted molar refractivity (Wildman–Crippen MR) is 80.6 cm³/mol. The standard InChI is InChI=1S/C15H17N5O2/c16-14(21)12-3-5-18-19-13(12)10-11-2-1-4-17-15(11)20-6-8-22-9-7-20/h1-5H,6-10H2,(H2,16,21). The first-order valence-electron chi connectivity index (χ1n) is 7.12. The number of nitrogens with two attached hydrogens (primary N) is 1. The maximum absolute atomic E-state index is 11.5. The summed E-state index contributed by atoms with van der Waals surface area (Å²) in [5.74, 6) is 0.397. The minimum Gasteiger partial charge on any atom is -0.378 e. The van der Waals surface area contributed by atoms with Crippen LogP contribution in [0.15, 0.2) is 30.6 Å². The van der Waals surface area contributed by atoms with E-state index in [1.54, 1.807) is 12.3 Å². The summed E-state index contributed by atoms with van der Waals surface area (Å²) in [6.45, 7) is 2.97. The van der Waals surface area contributed by atoms with Crippen molar-refractivity contribution in [1.82, 2.24) is 15.2 Å². The molecule has 0 radical (unpaired) electrons. The number of carbonyl (C=O) groups is 1. The Balaban J connectivity index is 1.91. The lowest BCUT2D eigenvalue weighted by Crippen LogP contribution is -2.37. The fraction of sp³-hybridized carbons (Fsp3) is 0.333. The molecule has 7 heteroatoms. The molecule has 1 aliphatic heterocycles. The summed E-state index contributed by atoms with van der Waals surface area (Å²) in [5.41, 5.74) is 7.36. The van der Waals surface area contributed by atoms with Gasteiger partial charge in [0.25, 0.3) is 5.91 Å². The summed E-state index contributed by atoms with van der Waals surface area (Å²) in [6.07, 6.45) is 3.70. The van der Waals surface area contributed by atoms with Crippen LogP contribution in [0.4, 0.5) is 5.82 Å². The van der Waals surface area contributed by atoms with Crippen LogP contribution in [0.2, 0.25) is 0 Å². The number of amides is 1.